The van der Waals surface area contributed by atoms with Crippen molar-refractivity contribution < 1.29 is 28.2 Å². The molecule has 3 heterocycles. The smallest absolute Gasteiger partial charge is 0.417 e. The van der Waals surface area contributed by atoms with Crippen molar-refractivity contribution in [1.82, 2.24) is 19.9 Å². The van der Waals surface area contributed by atoms with Gasteiger partial charge >= 0.3 is 11.8 Å². The molecule has 2 N–H and O–H groups in total. The maximum absolute atomic E-state index is 15.1. The van der Waals surface area contributed by atoms with Crippen molar-refractivity contribution in [2.45, 2.75) is 19.9 Å². The van der Waals surface area contributed by atoms with Gasteiger partial charge < -0.3 is 19.0 Å². The SMILES string of the molecule is COc1cnc2c(-c3nc4cc(F)c(OC[C@@H](C)N(C(=O)O)c5ccc6[nH]c(=O)oc6c5)cc4s3)cc(C)cc2n1. The Balaban J connectivity index is 1.28. The van der Waals surface area contributed by atoms with E-state index >= 15 is 4.39 Å². The topological polar surface area (TPSA) is 144 Å². The molecule has 1 amide bonds. The minimum absolute atomic E-state index is 0.0319. The third kappa shape index (κ3) is 4.91. The number of ether oxygens (including phenoxy) is 2. The minimum atomic E-state index is -1.24. The van der Waals surface area contributed by atoms with Gasteiger partial charge in [-0.1, -0.05) is 0 Å². The standard InChI is InChI=1S/C28H22FN5O6S/c1-13-6-16(25-20(7-13)31-24(38-3)11-30-25)26-32-19-9-17(29)21(10-23(19)41-26)39-12-14(2)34(28(36)37)15-4-5-18-22(8-15)40-27(35)33-18/h4-11,14H,12H2,1-3H3,(H,33,35)(H,36,37)/t14-/m1/s1. The van der Waals surface area contributed by atoms with E-state index in [9.17, 15) is 14.7 Å². The number of carbonyl (C=O) groups is 1. The van der Waals surface area contributed by atoms with Crippen molar-refractivity contribution in [3.63, 3.8) is 0 Å². The number of aromatic nitrogens is 4. The van der Waals surface area contributed by atoms with Gasteiger partial charge in [-0.3, -0.25) is 9.88 Å². The molecule has 3 aromatic carbocycles. The maximum Gasteiger partial charge on any atom is 0.417 e. The Morgan fingerprint density at radius 3 is 2.80 bits per heavy atom. The zero-order valence-corrected chi connectivity index (χ0v) is 22.8. The van der Waals surface area contributed by atoms with Gasteiger partial charge in [-0.2, -0.15) is 0 Å². The lowest BCUT2D eigenvalue weighted by molar-refractivity contribution is 0.194. The number of nitrogens with zero attached hydrogens (tertiary/aromatic N) is 4. The number of halogens is 1. The molecule has 0 aliphatic carbocycles. The van der Waals surface area contributed by atoms with Crippen LogP contribution < -0.4 is 20.1 Å². The van der Waals surface area contributed by atoms with E-state index in [0.29, 0.717) is 37.7 Å². The number of anilines is 1. The number of amides is 1. The van der Waals surface area contributed by atoms with E-state index in [0.717, 1.165) is 16.0 Å². The van der Waals surface area contributed by atoms with Crippen molar-refractivity contribution in [2.24, 2.45) is 0 Å². The van der Waals surface area contributed by atoms with Crippen LogP contribution in [-0.2, 0) is 0 Å². The van der Waals surface area contributed by atoms with Crippen LogP contribution in [0.25, 0.3) is 42.9 Å². The van der Waals surface area contributed by atoms with E-state index < -0.39 is 23.7 Å². The normalized spacial score (nSPS) is 12.2. The fourth-order valence-electron chi connectivity index (χ4n) is 4.59. The molecule has 0 fully saturated rings. The molecule has 41 heavy (non-hydrogen) atoms. The number of thiazole rings is 1. The number of aromatic amines is 1. The molecule has 0 saturated heterocycles. The Kier molecular flexibility index (Phi) is 6.50. The Hall–Kier alpha value is -5.04. The van der Waals surface area contributed by atoms with E-state index in [1.165, 1.54) is 36.8 Å². The molecule has 0 radical (unpaired) electrons. The largest absolute Gasteiger partial charge is 0.488 e. The first-order valence-electron chi connectivity index (χ1n) is 12.4. The number of aryl methyl sites for hydroxylation is 1. The Bertz CT molecular complexity index is 2020. The summed E-state index contributed by atoms with van der Waals surface area (Å²) >= 11 is 1.35. The molecule has 208 valence electrons. The van der Waals surface area contributed by atoms with Gasteiger partial charge in [-0.05, 0) is 43.7 Å². The number of benzene rings is 3. The lowest BCUT2D eigenvalue weighted by Crippen LogP contribution is -2.41. The molecule has 0 saturated carbocycles. The number of rotatable bonds is 7. The Morgan fingerprint density at radius 2 is 2.02 bits per heavy atom. The van der Waals surface area contributed by atoms with Crippen LogP contribution in [0.1, 0.15) is 12.5 Å². The Morgan fingerprint density at radius 1 is 1.20 bits per heavy atom. The van der Waals surface area contributed by atoms with E-state index in [1.807, 2.05) is 19.1 Å². The average Bonchev–Trinajstić information content (AvgIpc) is 3.52. The third-order valence-electron chi connectivity index (χ3n) is 6.46. The average molecular weight is 576 g/mol. The van der Waals surface area contributed by atoms with Crippen LogP contribution in [0, 0.1) is 12.7 Å². The van der Waals surface area contributed by atoms with E-state index in [-0.39, 0.29) is 23.6 Å². The van der Waals surface area contributed by atoms with Gasteiger partial charge in [0.15, 0.2) is 17.1 Å². The highest BCUT2D eigenvalue weighted by atomic mass is 32.1. The van der Waals surface area contributed by atoms with Crippen LogP contribution >= 0.6 is 11.3 Å². The first-order chi connectivity index (χ1) is 19.7. The zero-order chi connectivity index (χ0) is 28.8. The molecule has 0 aliphatic heterocycles. The highest BCUT2D eigenvalue weighted by Gasteiger charge is 2.24. The molecular weight excluding hydrogens is 553 g/mol. The van der Waals surface area contributed by atoms with Crippen LogP contribution in [0.15, 0.2) is 57.9 Å². The van der Waals surface area contributed by atoms with E-state index in [1.54, 1.807) is 25.1 Å². The fourth-order valence-corrected chi connectivity index (χ4v) is 5.58. The van der Waals surface area contributed by atoms with Crippen molar-refractivity contribution in [2.75, 3.05) is 18.6 Å². The van der Waals surface area contributed by atoms with Crippen LogP contribution in [0.3, 0.4) is 0 Å². The van der Waals surface area contributed by atoms with Crippen molar-refractivity contribution >= 4 is 55.5 Å². The van der Waals surface area contributed by atoms with Crippen LogP contribution in [0.4, 0.5) is 14.9 Å². The second-order valence-corrected chi connectivity index (χ2v) is 10.4. The van der Waals surface area contributed by atoms with Gasteiger partial charge in [0, 0.05) is 23.8 Å². The summed E-state index contributed by atoms with van der Waals surface area (Å²) in [4.78, 5) is 40.8. The molecule has 1 atom stereocenters. The number of oxazole rings is 1. The van der Waals surface area contributed by atoms with Gasteiger partial charge in [-0.25, -0.2) is 28.9 Å². The summed E-state index contributed by atoms with van der Waals surface area (Å²) in [5, 5.41) is 10.5. The maximum atomic E-state index is 15.1. The lowest BCUT2D eigenvalue weighted by Gasteiger charge is -2.26. The first kappa shape index (κ1) is 26.2. The van der Waals surface area contributed by atoms with Crippen molar-refractivity contribution in [3.05, 3.63) is 70.6 Å². The molecule has 0 unspecified atom stereocenters. The van der Waals surface area contributed by atoms with E-state index in [2.05, 4.69) is 19.9 Å². The number of carboxylic acid groups (broad SMARTS) is 1. The summed E-state index contributed by atoms with van der Waals surface area (Å²) in [6.07, 6.45) is 0.293. The highest BCUT2D eigenvalue weighted by Crippen LogP contribution is 2.37. The van der Waals surface area contributed by atoms with Gasteiger partial charge in [0.2, 0.25) is 5.88 Å². The number of hydrogen-bond acceptors (Lipinski definition) is 9. The second kappa shape index (κ2) is 10.2. The molecule has 6 aromatic rings. The summed E-state index contributed by atoms with van der Waals surface area (Å²) in [7, 11) is 1.52. The predicted molar refractivity (Wildman–Crippen MR) is 152 cm³/mol. The molecule has 13 heteroatoms. The minimum Gasteiger partial charge on any atom is -0.488 e. The number of hydrogen-bond donors (Lipinski definition) is 2. The van der Waals surface area contributed by atoms with Crippen molar-refractivity contribution in [3.8, 4) is 22.2 Å². The predicted octanol–water partition coefficient (Wildman–Crippen LogP) is 5.75. The first-order valence-corrected chi connectivity index (χ1v) is 13.2. The van der Waals surface area contributed by atoms with Crippen molar-refractivity contribution in [1.29, 1.82) is 0 Å². The molecule has 0 spiro atoms. The number of fused-ring (bicyclic) bond motifs is 3. The van der Waals surface area contributed by atoms with E-state index in [4.69, 9.17) is 13.9 Å². The Labute approximate surface area is 234 Å². The van der Waals surface area contributed by atoms with Crippen LogP contribution in [-0.4, -0.2) is 50.9 Å². The van der Waals surface area contributed by atoms with Crippen LogP contribution in [0.5, 0.6) is 11.6 Å². The number of nitrogens with one attached hydrogen (secondary N) is 1. The fraction of sp³-hybridized carbons (Fsp3) is 0.179. The number of H-pyrrole nitrogens is 1. The molecule has 0 bridgehead atoms. The van der Waals surface area contributed by atoms with Gasteiger partial charge in [-0.15, -0.1) is 11.3 Å². The third-order valence-corrected chi connectivity index (χ3v) is 7.51. The van der Waals surface area contributed by atoms with Gasteiger partial charge in [0.05, 0.1) is 51.8 Å². The summed E-state index contributed by atoms with van der Waals surface area (Å²) in [5.41, 5.74) is 4.41. The second-order valence-electron chi connectivity index (χ2n) is 9.37. The summed E-state index contributed by atoms with van der Waals surface area (Å²) in [6.45, 7) is 3.43. The quantitative estimate of drug-likeness (QED) is 0.243. The molecular formula is C28H22FN5O6S. The van der Waals surface area contributed by atoms with Gasteiger partial charge in [0.25, 0.3) is 0 Å². The lowest BCUT2D eigenvalue weighted by atomic mass is 10.1. The monoisotopic (exact) mass is 575 g/mol. The molecule has 0 aliphatic rings. The zero-order valence-electron chi connectivity index (χ0n) is 22.0. The number of methoxy groups -OCH3 is 1. The molecule has 6 rings (SSSR count). The van der Waals surface area contributed by atoms with Crippen LogP contribution in [0.2, 0.25) is 0 Å². The molecule has 11 nitrogen and oxygen atoms in total. The van der Waals surface area contributed by atoms with Gasteiger partial charge in [0.1, 0.15) is 11.6 Å². The summed E-state index contributed by atoms with van der Waals surface area (Å²) < 4.78 is 31.8. The summed E-state index contributed by atoms with van der Waals surface area (Å²) in [6, 6.07) is 10.5. The summed E-state index contributed by atoms with van der Waals surface area (Å²) in [5.74, 6) is -0.904. The highest BCUT2D eigenvalue weighted by molar-refractivity contribution is 7.21. The molecule has 3 aromatic heterocycles.